The molecule has 0 spiro atoms. The van der Waals surface area contributed by atoms with Crippen molar-refractivity contribution in [3.63, 3.8) is 0 Å². The lowest BCUT2D eigenvalue weighted by Crippen LogP contribution is -2.00. The molecule has 0 aliphatic carbocycles. The van der Waals surface area contributed by atoms with Gasteiger partial charge in [0, 0.05) is 10.9 Å². The number of benzene rings is 3. The van der Waals surface area contributed by atoms with Crippen molar-refractivity contribution in [3.8, 4) is 22.4 Å². The summed E-state index contributed by atoms with van der Waals surface area (Å²) in [6.45, 7) is 0. The van der Waals surface area contributed by atoms with Crippen LogP contribution in [0.4, 0.5) is 0 Å². The van der Waals surface area contributed by atoms with Crippen LogP contribution < -0.4 is 0 Å². The van der Waals surface area contributed by atoms with Gasteiger partial charge in [-0.25, -0.2) is 0 Å². The quantitative estimate of drug-likeness (QED) is 0.524. The molecule has 5 heteroatoms. The summed E-state index contributed by atoms with van der Waals surface area (Å²) in [6, 6.07) is 24.2. The molecule has 2 N–H and O–H groups in total. The Labute approximate surface area is 145 Å². The Morgan fingerprint density at radius 2 is 1.32 bits per heavy atom. The van der Waals surface area contributed by atoms with E-state index in [1.54, 1.807) is 0 Å². The molecule has 4 nitrogen and oxygen atoms in total. The zero-order valence-electron chi connectivity index (χ0n) is 13.2. The van der Waals surface area contributed by atoms with Crippen LogP contribution in [0.15, 0.2) is 83.8 Å². The lowest BCUT2D eigenvalue weighted by Gasteiger charge is -2.06. The van der Waals surface area contributed by atoms with Gasteiger partial charge in [0.05, 0.1) is 5.69 Å². The van der Waals surface area contributed by atoms with E-state index in [0.717, 1.165) is 11.1 Å². The van der Waals surface area contributed by atoms with Crippen LogP contribution in [0.3, 0.4) is 0 Å². The predicted molar refractivity (Wildman–Crippen MR) is 99.0 cm³/mol. The van der Waals surface area contributed by atoms with Gasteiger partial charge in [0.2, 0.25) is 0 Å². The molecular weight excluding hydrogens is 334 g/mol. The number of nitrogens with one attached hydrogen (secondary N) is 1. The minimum absolute atomic E-state index is 0.0897. The zero-order chi connectivity index (χ0) is 17.4. The van der Waals surface area contributed by atoms with Crippen molar-refractivity contribution in [1.82, 2.24) is 4.98 Å². The van der Waals surface area contributed by atoms with Gasteiger partial charge in [0.1, 0.15) is 4.90 Å². The monoisotopic (exact) mass is 349 g/mol. The molecule has 4 aromatic rings. The first-order chi connectivity index (χ1) is 12.1. The molecule has 0 saturated heterocycles. The van der Waals surface area contributed by atoms with Crippen molar-refractivity contribution in [2.75, 3.05) is 0 Å². The van der Waals surface area contributed by atoms with Crippen molar-refractivity contribution >= 4 is 21.0 Å². The molecule has 0 aliphatic rings. The molecule has 0 fully saturated rings. The average Bonchev–Trinajstić information content (AvgIpc) is 3.03. The summed E-state index contributed by atoms with van der Waals surface area (Å²) < 4.78 is 34.4. The maximum absolute atomic E-state index is 12.2. The normalized spacial score (nSPS) is 11.7. The Morgan fingerprint density at radius 1 is 0.720 bits per heavy atom. The highest BCUT2D eigenvalue weighted by atomic mass is 32.2. The van der Waals surface area contributed by atoms with Crippen LogP contribution in [0.25, 0.3) is 33.3 Å². The molecule has 0 radical (unpaired) electrons. The SMILES string of the molecule is O=S(=O)(O)c1c(-c2ccccc2)[nH]c2cccc(-c3ccccc3)c12. The molecule has 1 aromatic heterocycles. The van der Waals surface area contributed by atoms with Gasteiger partial charge < -0.3 is 4.98 Å². The number of hydrogen-bond acceptors (Lipinski definition) is 2. The van der Waals surface area contributed by atoms with Gasteiger partial charge in [-0.05, 0) is 22.8 Å². The van der Waals surface area contributed by atoms with Gasteiger partial charge in [0.15, 0.2) is 0 Å². The summed E-state index contributed by atoms with van der Waals surface area (Å²) >= 11 is 0. The average molecular weight is 349 g/mol. The first kappa shape index (κ1) is 15.6. The molecule has 0 atom stereocenters. The Hall–Kier alpha value is -2.89. The fraction of sp³-hybridized carbons (Fsp3) is 0. The molecule has 3 aromatic carbocycles. The van der Waals surface area contributed by atoms with E-state index in [0.29, 0.717) is 22.2 Å². The zero-order valence-corrected chi connectivity index (χ0v) is 14.0. The predicted octanol–water partition coefficient (Wildman–Crippen LogP) is 4.75. The molecule has 124 valence electrons. The maximum atomic E-state index is 12.2. The van der Waals surface area contributed by atoms with Gasteiger partial charge in [-0.15, -0.1) is 0 Å². The number of H-pyrrole nitrogens is 1. The molecule has 0 bridgehead atoms. The second kappa shape index (κ2) is 5.88. The molecule has 4 rings (SSSR count). The van der Waals surface area contributed by atoms with Crippen LogP contribution in [0.1, 0.15) is 0 Å². The van der Waals surface area contributed by atoms with Gasteiger partial charge >= 0.3 is 0 Å². The van der Waals surface area contributed by atoms with Gasteiger partial charge in [-0.3, -0.25) is 4.55 Å². The minimum Gasteiger partial charge on any atom is -0.353 e. The van der Waals surface area contributed by atoms with Crippen LogP contribution in [0.2, 0.25) is 0 Å². The van der Waals surface area contributed by atoms with Crippen molar-refractivity contribution in [3.05, 3.63) is 78.9 Å². The van der Waals surface area contributed by atoms with Crippen LogP contribution in [0, 0.1) is 0 Å². The summed E-state index contributed by atoms with van der Waals surface area (Å²) in [4.78, 5) is 3.07. The summed E-state index contributed by atoms with van der Waals surface area (Å²) in [5.74, 6) is 0. The third-order valence-corrected chi connectivity index (χ3v) is 5.11. The fourth-order valence-electron chi connectivity index (χ4n) is 3.14. The highest BCUT2D eigenvalue weighted by molar-refractivity contribution is 7.86. The summed E-state index contributed by atoms with van der Waals surface area (Å²) in [5.41, 5.74) is 3.39. The number of fused-ring (bicyclic) bond motifs is 1. The smallest absolute Gasteiger partial charge is 0.297 e. The van der Waals surface area contributed by atoms with E-state index in [4.69, 9.17) is 0 Å². The lowest BCUT2D eigenvalue weighted by molar-refractivity contribution is 0.484. The van der Waals surface area contributed by atoms with E-state index in [-0.39, 0.29) is 4.90 Å². The number of aromatic amines is 1. The first-order valence-electron chi connectivity index (χ1n) is 7.79. The Bertz CT molecular complexity index is 1150. The largest absolute Gasteiger partial charge is 0.353 e. The van der Waals surface area contributed by atoms with Crippen molar-refractivity contribution in [1.29, 1.82) is 0 Å². The van der Waals surface area contributed by atoms with E-state index < -0.39 is 10.1 Å². The second-order valence-corrected chi connectivity index (χ2v) is 7.12. The molecule has 0 aliphatic heterocycles. The van der Waals surface area contributed by atoms with E-state index in [1.807, 2.05) is 78.9 Å². The lowest BCUT2D eigenvalue weighted by atomic mass is 10.0. The van der Waals surface area contributed by atoms with Crippen LogP contribution in [0.5, 0.6) is 0 Å². The molecular formula is C20H15NO3S. The third-order valence-electron chi connectivity index (χ3n) is 4.18. The Morgan fingerprint density at radius 3 is 1.92 bits per heavy atom. The van der Waals surface area contributed by atoms with Crippen LogP contribution >= 0.6 is 0 Å². The highest BCUT2D eigenvalue weighted by Crippen LogP contribution is 2.39. The summed E-state index contributed by atoms with van der Waals surface area (Å²) in [5, 5.41) is 0.495. The Balaban J connectivity index is 2.14. The number of hydrogen-bond donors (Lipinski definition) is 2. The van der Waals surface area contributed by atoms with Crippen molar-refractivity contribution in [2.24, 2.45) is 0 Å². The topological polar surface area (TPSA) is 70.2 Å². The van der Waals surface area contributed by atoms with Gasteiger partial charge in [-0.2, -0.15) is 8.42 Å². The molecule has 0 unspecified atom stereocenters. The van der Waals surface area contributed by atoms with E-state index in [9.17, 15) is 13.0 Å². The molecule has 1 heterocycles. The Kier molecular flexibility index (Phi) is 3.67. The van der Waals surface area contributed by atoms with Crippen molar-refractivity contribution < 1.29 is 13.0 Å². The molecule has 0 amide bonds. The van der Waals surface area contributed by atoms with E-state index in [1.165, 1.54) is 0 Å². The fourth-order valence-corrected chi connectivity index (χ4v) is 4.05. The molecule has 0 saturated carbocycles. The van der Waals surface area contributed by atoms with Crippen LogP contribution in [-0.2, 0) is 10.1 Å². The van der Waals surface area contributed by atoms with E-state index >= 15 is 0 Å². The molecule has 25 heavy (non-hydrogen) atoms. The highest BCUT2D eigenvalue weighted by Gasteiger charge is 2.25. The van der Waals surface area contributed by atoms with Gasteiger partial charge in [0.25, 0.3) is 10.1 Å². The van der Waals surface area contributed by atoms with Gasteiger partial charge in [-0.1, -0.05) is 72.8 Å². The third kappa shape index (κ3) is 2.73. The first-order valence-corrected chi connectivity index (χ1v) is 9.23. The summed E-state index contributed by atoms with van der Waals surface area (Å²) in [7, 11) is -4.43. The second-order valence-electron chi connectivity index (χ2n) is 5.76. The summed E-state index contributed by atoms with van der Waals surface area (Å²) in [6.07, 6.45) is 0. The van der Waals surface area contributed by atoms with Crippen LogP contribution in [-0.4, -0.2) is 18.0 Å². The minimum atomic E-state index is -4.43. The van der Waals surface area contributed by atoms with Crippen molar-refractivity contribution in [2.45, 2.75) is 4.90 Å². The van der Waals surface area contributed by atoms with E-state index in [2.05, 4.69) is 4.98 Å². The number of rotatable bonds is 3. The maximum Gasteiger partial charge on any atom is 0.297 e. The standard InChI is InChI=1S/C20H15NO3S/c22-25(23,24)20-18-16(14-8-3-1-4-9-14)12-7-13-17(18)21-19(20)15-10-5-2-6-11-15/h1-13,21H,(H,22,23,24). The number of aromatic nitrogens is 1.